The normalized spacial score (nSPS) is 16.8. The Labute approximate surface area is 220 Å². The van der Waals surface area contributed by atoms with Crippen molar-refractivity contribution in [2.75, 3.05) is 0 Å². The molecule has 5 nitrogen and oxygen atoms in total. The van der Waals surface area contributed by atoms with Crippen LogP contribution < -0.4 is 0 Å². The fraction of sp³-hybridized carbons (Fsp3) is 0.300. The van der Waals surface area contributed by atoms with Crippen LogP contribution >= 0.6 is 11.6 Å². The number of pyridine rings is 1. The average molecular weight is 518 g/mol. The number of hydrogen-bond acceptors (Lipinski definition) is 3. The van der Waals surface area contributed by atoms with Crippen molar-refractivity contribution in [1.29, 1.82) is 0 Å². The molecule has 0 saturated heterocycles. The van der Waals surface area contributed by atoms with E-state index in [9.17, 15) is 14.3 Å². The molecule has 1 unspecified atom stereocenters. The third-order valence-corrected chi connectivity index (χ3v) is 8.25. The molecule has 37 heavy (non-hydrogen) atoms. The zero-order valence-electron chi connectivity index (χ0n) is 21.3. The van der Waals surface area contributed by atoms with E-state index in [4.69, 9.17) is 16.6 Å². The molecule has 0 aliphatic heterocycles. The summed E-state index contributed by atoms with van der Waals surface area (Å²) in [5.41, 5.74) is 5.54. The van der Waals surface area contributed by atoms with Crippen LogP contribution in [0.25, 0.3) is 28.2 Å². The second-order valence-corrected chi connectivity index (χ2v) is 10.8. The summed E-state index contributed by atoms with van der Waals surface area (Å²) in [7, 11) is 0. The van der Waals surface area contributed by atoms with Crippen LogP contribution in [0.5, 0.6) is 0 Å². The number of aromatic carboxylic acids is 1. The molecule has 1 N–H and O–H groups in total. The highest BCUT2D eigenvalue weighted by atomic mass is 35.5. The predicted octanol–water partition coefficient (Wildman–Crippen LogP) is 7.76. The number of benzene rings is 2. The Morgan fingerprint density at radius 3 is 2.57 bits per heavy atom. The number of nitrogens with zero attached hydrogens (tertiary/aromatic N) is 3. The molecule has 2 aromatic heterocycles. The molecular formula is C30H29ClFN3O2. The maximum atomic E-state index is 13.5. The van der Waals surface area contributed by atoms with Crippen LogP contribution in [0.2, 0.25) is 5.15 Å². The van der Waals surface area contributed by atoms with Gasteiger partial charge in [0.25, 0.3) is 0 Å². The molecule has 0 radical (unpaired) electrons. The molecule has 1 atom stereocenters. The molecule has 1 aliphatic rings. The van der Waals surface area contributed by atoms with Crippen molar-refractivity contribution < 1.29 is 14.3 Å². The SMILES string of the molecule is CCC(C)(C)C1CC(=Cc2c(C)nn(-c3ccc(F)cc3)c2Cl)c2nc3ccccc3c(C(=O)O)c2C1. The number of rotatable bonds is 5. The third kappa shape index (κ3) is 4.44. The van der Waals surface area contributed by atoms with Crippen molar-refractivity contribution in [1.82, 2.24) is 14.8 Å². The molecule has 2 heterocycles. The second-order valence-electron chi connectivity index (χ2n) is 10.4. The lowest BCUT2D eigenvalue weighted by Crippen LogP contribution is -2.30. The standard InChI is InChI=1S/C30H29ClFN3O2/c1-5-30(3,4)19-14-18(15-23-17(2)34-35(28(23)31)21-12-10-20(32)11-13-21)27-24(16-19)26(29(36)37)22-8-6-7-9-25(22)33-27/h6-13,15,19H,5,14,16H2,1-4H3,(H,36,37). The van der Waals surface area contributed by atoms with E-state index in [2.05, 4.69) is 25.9 Å². The molecule has 0 bridgehead atoms. The van der Waals surface area contributed by atoms with Gasteiger partial charge < -0.3 is 5.11 Å². The lowest BCUT2D eigenvalue weighted by molar-refractivity contribution is 0.0696. The Morgan fingerprint density at radius 2 is 1.89 bits per heavy atom. The van der Waals surface area contributed by atoms with Crippen LogP contribution in [-0.4, -0.2) is 25.8 Å². The highest BCUT2D eigenvalue weighted by molar-refractivity contribution is 6.31. The number of carbonyl (C=O) groups is 1. The van der Waals surface area contributed by atoms with E-state index >= 15 is 0 Å². The Hall–Kier alpha value is -3.51. The maximum absolute atomic E-state index is 13.5. The molecule has 0 spiro atoms. The van der Waals surface area contributed by atoms with Gasteiger partial charge in [0.05, 0.1) is 28.2 Å². The van der Waals surface area contributed by atoms with E-state index in [0.29, 0.717) is 39.4 Å². The van der Waals surface area contributed by atoms with Crippen LogP contribution in [0.15, 0.2) is 48.5 Å². The van der Waals surface area contributed by atoms with Gasteiger partial charge in [-0.15, -0.1) is 0 Å². The third-order valence-electron chi connectivity index (χ3n) is 7.88. The van der Waals surface area contributed by atoms with Crippen molar-refractivity contribution in [3.63, 3.8) is 0 Å². The molecule has 0 saturated carbocycles. The molecule has 4 aromatic rings. The summed E-state index contributed by atoms with van der Waals surface area (Å²) < 4.78 is 15.1. The zero-order valence-corrected chi connectivity index (χ0v) is 22.1. The summed E-state index contributed by atoms with van der Waals surface area (Å²) in [6.07, 6.45) is 4.37. The minimum atomic E-state index is -0.942. The van der Waals surface area contributed by atoms with Crippen LogP contribution in [0, 0.1) is 24.1 Å². The van der Waals surface area contributed by atoms with Crippen LogP contribution in [0.4, 0.5) is 4.39 Å². The summed E-state index contributed by atoms with van der Waals surface area (Å²) in [5.74, 6) is -1.05. The van der Waals surface area contributed by atoms with Gasteiger partial charge in [0, 0.05) is 10.9 Å². The van der Waals surface area contributed by atoms with Gasteiger partial charge in [-0.1, -0.05) is 57.0 Å². The molecule has 0 amide bonds. The fourth-order valence-corrected chi connectivity index (χ4v) is 5.54. The fourth-order valence-electron chi connectivity index (χ4n) is 5.21. The number of fused-ring (bicyclic) bond motifs is 2. The van der Waals surface area contributed by atoms with Gasteiger partial charge in [0.15, 0.2) is 0 Å². The number of aryl methyl sites for hydroxylation is 1. The smallest absolute Gasteiger partial charge is 0.336 e. The number of halogens is 2. The highest BCUT2D eigenvalue weighted by Crippen LogP contribution is 2.46. The van der Waals surface area contributed by atoms with E-state index in [1.165, 1.54) is 12.1 Å². The van der Waals surface area contributed by atoms with E-state index < -0.39 is 5.97 Å². The van der Waals surface area contributed by atoms with E-state index in [1.807, 2.05) is 37.3 Å². The first kappa shape index (κ1) is 25.2. The molecule has 2 aromatic carbocycles. The minimum Gasteiger partial charge on any atom is -0.478 e. The van der Waals surface area contributed by atoms with Crippen LogP contribution in [-0.2, 0) is 6.42 Å². The van der Waals surface area contributed by atoms with Gasteiger partial charge in [0.2, 0.25) is 0 Å². The first-order valence-electron chi connectivity index (χ1n) is 12.5. The Morgan fingerprint density at radius 1 is 1.19 bits per heavy atom. The first-order chi connectivity index (χ1) is 17.6. The zero-order chi connectivity index (χ0) is 26.5. The van der Waals surface area contributed by atoms with Gasteiger partial charge in [-0.2, -0.15) is 5.10 Å². The lowest BCUT2D eigenvalue weighted by Gasteiger charge is -2.38. The summed E-state index contributed by atoms with van der Waals surface area (Å²) in [6.45, 7) is 8.52. The largest absolute Gasteiger partial charge is 0.478 e. The van der Waals surface area contributed by atoms with Crippen molar-refractivity contribution >= 4 is 40.1 Å². The topological polar surface area (TPSA) is 68.0 Å². The summed E-state index contributed by atoms with van der Waals surface area (Å²) >= 11 is 6.83. The number of carboxylic acid groups (broad SMARTS) is 1. The van der Waals surface area contributed by atoms with Crippen molar-refractivity contribution in [3.05, 3.63) is 87.6 Å². The second kappa shape index (κ2) is 9.42. The number of aromatic nitrogens is 3. The Balaban J connectivity index is 1.74. The highest BCUT2D eigenvalue weighted by Gasteiger charge is 2.36. The number of para-hydroxylation sites is 1. The predicted molar refractivity (Wildman–Crippen MR) is 146 cm³/mol. The molecule has 7 heteroatoms. The summed E-state index contributed by atoms with van der Waals surface area (Å²) in [6, 6.07) is 13.4. The Bertz CT molecular complexity index is 1550. The quantitative estimate of drug-likeness (QED) is 0.294. The molecule has 1 aliphatic carbocycles. The average Bonchev–Trinajstić information content (AvgIpc) is 3.15. The van der Waals surface area contributed by atoms with Crippen molar-refractivity contribution in [2.45, 2.75) is 47.0 Å². The number of allylic oxidation sites excluding steroid dienone is 1. The minimum absolute atomic E-state index is 0.00463. The van der Waals surface area contributed by atoms with Gasteiger partial charge in [-0.3, -0.25) is 0 Å². The van der Waals surface area contributed by atoms with E-state index in [0.717, 1.165) is 35.2 Å². The lowest BCUT2D eigenvalue weighted by atomic mass is 9.67. The Kier molecular flexibility index (Phi) is 6.40. The van der Waals surface area contributed by atoms with Crippen molar-refractivity contribution in [2.24, 2.45) is 11.3 Å². The van der Waals surface area contributed by atoms with Gasteiger partial charge in [-0.25, -0.2) is 18.9 Å². The van der Waals surface area contributed by atoms with E-state index in [1.54, 1.807) is 16.8 Å². The molecule has 0 fully saturated rings. The first-order valence-corrected chi connectivity index (χ1v) is 12.9. The number of hydrogen-bond donors (Lipinski definition) is 1. The van der Waals surface area contributed by atoms with Crippen molar-refractivity contribution in [3.8, 4) is 5.69 Å². The molecular weight excluding hydrogens is 489 g/mol. The number of carboxylic acids is 1. The van der Waals surface area contributed by atoms with E-state index in [-0.39, 0.29) is 17.2 Å². The van der Waals surface area contributed by atoms with Gasteiger partial charge in [-0.05, 0) is 78.6 Å². The maximum Gasteiger partial charge on any atom is 0.336 e. The monoisotopic (exact) mass is 517 g/mol. The van der Waals surface area contributed by atoms with Crippen LogP contribution in [0.3, 0.4) is 0 Å². The van der Waals surface area contributed by atoms with Gasteiger partial charge >= 0.3 is 5.97 Å². The van der Waals surface area contributed by atoms with Gasteiger partial charge in [0.1, 0.15) is 11.0 Å². The molecule has 190 valence electrons. The molecule has 5 rings (SSSR count). The summed E-state index contributed by atoms with van der Waals surface area (Å²) in [4.78, 5) is 17.5. The summed E-state index contributed by atoms with van der Waals surface area (Å²) in [5, 5.41) is 16.0. The van der Waals surface area contributed by atoms with Crippen LogP contribution in [0.1, 0.15) is 66.5 Å².